The highest BCUT2D eigenvalue weighted by atomic mass is 19.1. The van der Waals surface area contributed by atoms with Crippen LogP contribution in [0.2, 0.25) is 0 Å². The van der Waals surface area contributed by atoms with Gasteiger partial charge in [0.2, 0.25) is 0 Å². The molecule has 1 aromatic carbocycles. The second kappa shape index (κ2) is 4.68. The molecule has 0 radical (unpaired) electrons. The lowest BCUT2D eigenvalue weighted by Crippen LogP contribution is -2.66. The van der Waals surface area contributed by atoms with E-state index in [-0.39, 0.29) is 11.7 Å². The van der Waals surface area contributed by atoms with Crippen molar-refractivity contribution in [2.24, 2.45) is 5.41 Å². The van der Waals surface area contributed by atoms with E-state index >= 15 is 0 Å². The van der Waals surface area contributed by atoms with Gasteiger partial charge >= 0.3 is 6.03 Å². The summed E-state index contributed by atoms with van der Waals surface area (Å²) in [5, 5.41) is 12.8. The lowest BCUT2D eigenvalue weighted by Gasteiger charge is -2.50. The number of imide groups is 1. The molecule has 0 aliphatic carbocycles. The third-order valence-electron chi connectivity index (χ3n) is 5.28. The fraction of sp³-hybridized carbons (Fsp3) is 0.438. The van der Waals surface area contributed by atoms with E-state index in [1.165, 1.54) is 12.1 Å². The molecule has 1 unspecified atom stereocenters. The molecule has 1 atom stereocenters. The maximum atomic E-state index is 13.9. The zero-order chi connectivity index (χ0) is 17.1. The van der Waals surface area contributed by atoms with Gasteiger partial charge in [-0.25, -0.2) is 9.18 Å². The molecule has 24 heavy (non-hydrogen) atoms. The summed E-state index contributed by atoms with van der Waals surface area (Å²) in [6.45, 7) is 4.91. The van der Waals surface area contributed by atoms with Gasteiger partial charge in [-0.05, 0) is 18.6 Å². The number of hydrogen-bond acceptors (Lipinski definition) is 4. The number of rotatable bonds is 1. The molecule has 3 amide bonds. The predicted molar refractivity (Wildman–Crippen MR) is 86.1 cm³/mol. The van der Waals surface area contributed by atoms with Crippen LogP contribution in [-0.2, 0) is 4.79 Å². The molecule has 0 saturated carbocycles. The number of aromatic amines is 1. The number of amides is 3. The number of fused-ring (bicyclic) bond motifs is 1. The average Bonchev–Trinajstić information content (AvgIpc) is 3.06. The van der Waals surface area contributed by atoms with Gasteiger partial charge in [0, 0.05) is 23.9 Å². The molecule has 1 aromatic heterocycles. The van der Waals surface area contributed by atoms with Gasteiger partial charge in [-0.1, -0.05) is 13.8 Å². The Kier molecular flexibility index (Phi) is 2.91. The van der Waals surface area contributed by atoms with Gasteiger partial charge in [0.15, 0.2) is 0 Å². The van der Waals surface area contributed by atoms with Gasteiger partial charge in [-0.2, -0.15) is 5.10 Å². The molecule has 7 nitrogen and oxygen atoms in total. The number of anilines is 1. The van der Waals surface area contributed by atoms with Crippen LogP contribution in [-0.4, -0.2) is 40.8 Å². The number of halogens is 1. The normalized spacial score (nSPS) is 26.0. The van der Waals surface area contributed by atoms with Crippen LogP contribution >= 0.6 is 0 Å². The van der Waals surface area contributed by atoms with Crippen molar-refractivity contribution in [2.45, 2.75) is 25.8 Å². The molecule has 2 aliphatic heterocycles. The molecule has 0 bridgehead atoms. The van der Waals surface area contributed by atoms with Gasteiger partial charge < -0.3 is 10.2 Å². The minimum Gasteiger partial charge on any atom is -0.370 e. The average molecular weight is 331 g/mol. The third kappa shape index (κ3) is 1.92. The van der Waals surface area contributed by atoms with Crippen LogP contribution in [0.15, 0.2) is 18.3 Å². The third-order valence-corrected chi connectivity index (χ3v) is 5.28. The summed E-state index contributed by atoms with van der Waals surface area (Å²) < 4.78 is 13.9. The molecule has 2 saturated heterocycles. The fourth-order valence-electron chi connectivity index (χ4n) is 3.94. The van der Waals surface area contributed by atoms with Crippen molar-refractivity contribution in [3.8, 4) is 0 Å². The van der Waals surface area contributed by atoms with Crippen LogP contribution in [0.5, 0.6) is 0 Å². The number of carbonyl (C=O) groups excluding carboxylic acids is 2. The molecule has 1 spiro atoms. The van der Waals surface area contributed by atoms with Crippen molar-refractivity contribution >= 4 is 28.5 Å². The Hall–Kier alpha value is -2.64. The van der Waals surface area contributed by atoms with Gasteiger partial charge in [0.05, 0.1) is 17.4 Å². The number of piperidine rings is 1. The number of H-pyrrole nitrogens is 1. The first-order valence-corrected chi connectivity index (χ1v) is 7.84. The van der Waals surface area contributed by atoms with E-state index in [1.54, 1.807) is 6.20 Å². The second-order valence-corrected chi connectivity index (χ2v) is 7.13. The number of benzene rings is 1. The van der Waals surface area contributed by atoms with E-state index in [1.807, 2.05) is 18.7 Å². The first kappa shape index (κ1) is 14.9. The van der Waals surface area contributed by atoms with E-state index in [0.29, 0.717) is 25.0 Å². The van der Waals surface area contributed by atoms with Crippen molar-refractivity contribution in [3.63, 3.8) is 0 Å². The summed E-state index contributed by atoms with van der Waals surface area (Å²) in [5.41, 5.74) is -0.0748. The molecule has 2 aliphatic rings. The molecule has 3 heterocycles. The Morgan fingerprint density at radius 1 is 1.29 bits per heavy atom. The number of carbonyl (C=O) groups is 2. The molecular formula is C16H18FN5O2. The number of aromatic nitrogens is 2. The van der Waals surface area contributed by atoms with Gasteiger partial charge in [-0.15, -0.1) is 0 Å². The van der Waals surface area contributed by atoms with E-state index in [0.717, 1.165) is 11.1 Å². The monoisotopic (exact) mass is 331 g/mol. The Labute approximate surface area is 137 Å². The molecule has 126 valence electrons. The Morgan fingerprint density at radius 2 is 2.08 bits per heavy atom. The predicted octanol–water partition coefficient (Wildman–Crippen LogP) is 1.52. The zero-order valence-corrected chi connectivity index (χ0v) is 13.4. The van der Waals surface area contributed by atoms with Crippen LogP contribution in [0.3, 0.4) is 0 Å². The highest BCUT2D eigenvalue weighted by Gasteiger charge is 2.58. The summed E-state index contributed by atoms with van der Waals surface area (Å²) in [6.07, 6.45) is 2.12. The van der Waals surface area contributed by atoms with Crippen LogP contribution in [0.4, 0.5) is 14.9 Å². The minimum absolute atomic E-state index is 0.287. The van der Waals surface area contributed by atoms with Crippen molar-refractivity contribution in [1.82, 2.24) is 20.8 Å². The number of nitrogens with one attached hydrogen (secondary N) is 3. The number of nitrogens with zero attached hydrogens (tertiary/aromatic N) is 2. The lowest BCUT2D eigenvalue weighted by atomic mass is 9.67. The number of urea groups is 1. The largest absolute Gasteiger partial charge is 0.370 e. The standard InChI is InChI=1S/C16H18FN5O2/c1-15(2)8-22(4-3-16(15)13(23)19-14(24)20-16)12-6-9(17)5-11-10(12)7-18-21-11/h5-7H,3-4,8H2,1-2H3,(H,18,21)(H2,19,20,23,24). The van der Waals surface area contributed by atoms with Gasteiger partial charge in [0.1, 0.15) is 11.4 Å². The zero-order valence-electron chi connectivity index (χ0n) is 13.4. The Bertz CT molecular complexity index is 861. The van der Waals surface area contributed by atoms with Crippen molar-refractivity contribution in [3.05, 3.63) is 24.1 Å². The maximum absolute atomic E-state index is 13.9. The van der Waals surface area contributed by atoms with Crippen LogP contribution in [0.25, 0.3) is 10.9 Å². The van der Waals surface area contributed by atoms with E-state index in [2.05, 4.69) is 20.8 Å². The highest BCUT2D eigenvalue weighted by molar-refractivity contribution is 6.07. The van der Waals surface area contributed by atoms with Crippen molar-refractivity contribution in [2.75, 3.05) is 18.0 Å². The lowest BCUT2D eigenvalue weighted by molar-refractivity contribution is -0.129. The van der Waals surface area contributed by atoms with Crippen molar-refractivity contribution in [1.29, 1.82) is 0 Å². The summed E-state index contributed by atoms with van der Waals surface area (Å²) >= 11 is 0. The SMILES string of the molecule is CC1(C)CN(c2cc(F)cc3[nH]ncc23)CCC12NC(=O)NC2=O. The Morgan fingerprint density at radius 3 is 2.75 bits per heavy atom. The van der Waals surface area contributed by atoms with Gasteiger partial charge in [-0.3, -0.25) is 15.2 Å². The topological polar surface area (TPSA) is 90.1 Å². The smallest absolute Gasteiger partial charge is 0.322 e. The molecule has 2 aromatic rings. The van der Waals surface area contributed by atoms with Crippen LogP contribution < -0.4 is 15.5 Å². The molecule has 4 rings (SSSR count). The first-order valence-electron chi connectivity index (χ1n) is 7.84. The highest BCUT2D eigenvalue weighted by Crippen LogP contribution is 2.43. The maximum Gasteiger partial charge on any atom is 0.322 e. The van der Waals surface area contributed by atoms with Crippen molar-refractivity contribution < 1.29 is 14.0 Å². The molecule has 3 N–H and O–H groups in total. The quantitative estimate of drug-likeness (QED) is 0.691. The second-order valence-electron chi connectivity index (χ2n) is 7.13. The van der Waals surface area contributed by atoms with Crippen LogP contribution in [0.1, 0.15) is 20.3 Å². The van der Waals surface area contributed by atoms with Gasteiger partial charge in [0.25, 0.3) is 5.91 Å². The first-order chi connectivity index (χ1) is 11.3. The van der Waals surface area contributed by atoms with E-state index in [9.17, 15) is 14.0 Å². The summed E-state index contributed by atoms with van der Waals surface area (Å²) in [4.78, 5) is 26.0. The molecule has 2 fully saturated rings. The minimum atomic E-state index is -0.927. The van der Waals surface area contributed by atoms with Crippen LogP contribution in [0, 0.1) is 11.2 Å². The van der Waals surface area contributed by atoms with E-state index in [4.69, 9.17) is 0 Å². The summed E-state index contributed by atoms with van der Waals surface area (Å²) in [7, 11) is 0. The Balaban J connectivity index is 1.72. The molecule has 8 heteroatoms. The summed E-state index contributed by atoms with van der Waals surface area (Å²) in [5.74, 6) is -0.628. The fourth-order valence-corrected chi connectivity index (χ4v) is 3.94. The molecular weight excluding hydrogens is 313 g/mol. The summed E-state index contributed by atoms with van der Waals surface area (Å²) in [6, 6.07) is 2.44. The van der Waals surface area contributed by atoms with E-state index < -0.39 is 17.0 Å². The number of hydrogen-bond donors (Lipinski definition) is 3.